The molecule has 20 heavy (non-hydrogen) atoms. The Morgan fingerprint density at radius 3 is 3.00 bits per heavy atom. The van der Waals surface area contributed by atoms with Gasteiger partial charge in [0, 0.05) is 22.0 Å². The highest BCUT2D eigenvalue weighted by atomic mass is 127. The quantitative estimate of drug-likeness (QED) is 0.628. The molecule has 1 aliphatic carbocycles. The minimum atomic E-state index is 0.275. The molecule has 0 fully saturated rings. The standard InChI is InChI=1S/C16H17ClINS/c1-10(11-5-2-3-6-13(11)17)19-14-7-4-8-15-12(14)9-16(18)20-15/h2-3,5-6,9-10,14,19H,4,7-8H2,1H3/t10-,14?/m1/s1. The maximum absolute atomic E-state index is 6.30. The Bertz CT molecular complexity index is 610. The Morgan fingerprint density at radius 2 is 2.20 bits per heavy atom. The summed E-state index contributed by atoms with van der Waals surface area (Å²) < 4.78 is 1.40. The second-order valence-corrected chi connectivity index (χ2v) is 8.72. The van der Waals surface area contributed by atoms with Gasteiger partial charge in [-0.3, -0.25) is 0 Å². The van der Waals surface area contributed by atoms with Gasteiger partial charge in [-0.2, -0.15) is 0 Å². The monoisotopic (exact) mass is 417 g/mol. The third-order valence-electron chi connectivity index (χ3n) is 3.91. The highest BCUT2D eigenvalue weighted by Crippen LogP contribution is 2.37. The van der Waals surface area contributed by atoms with Crippen molar-refractivity contribution >= 4 is 45.5 Å². The van der Waals surface area contributed by atoms with Gasteiger partial charge in [0.15, 0.2) is 0 Å². The summed E-state index contributed by atoms with van der Waals surface area (Å²) in [6, 6.07) is 11.2. The predicted octanol–water partition coefficient (Wildman–Crippen LogP) is 5.73. The zero-order valence-corrected chi connectivity index (χ0v) is 15.1. The van der Waals surface area contributed by atoms with Crippen LogP contribution in [0.15, 0.2) is 30.3 Å². The van der Waals surface area contributed by atoms with Crippen molar-refractivity contribution in [1.82, 2.24) is 5.32 Å². The second kappa shape index (κ2) is 6.34. The first kappa shape index (κ1) is 14.8. The van der Waals surface area contributed by atoms with Crippen molar-refractivity contribution in [2.45, 2.75) is 38.3 Å². The van der Waals surface area contributed by atoms with E-state index < -0.39 is 0 Å². The topological polar surface area (TPSA) is 12.0 Å². The molecule has 1 aliphatic rings. The highest BCUT2D eigenvalue weighted by molar-refractivity contribution is 14.1. The summed E-state index contributed by atoms with van der Waals surface area (Å²) >= 11 is 10.7. The molecular weight excluding hydrogens is 401 g/mol. The first-order chi connectivity index (χ1) is 9.65. The first-order valence-electron chi connectivity index (χ1n) is 6.93. The Kier molecular flexibility index (Phi) is 4.70. The number of hydrogen-bond acceptors (Lipinski definition) is 2. The molecule has 0 aliphatic heterocycles. The molecule has 4 heteroatoms. The van der Waals surface area contributed by atoms with E-state index in [9.17, 15) is 0 Å². The van der Waals surface area contributed by atoms with Crippen LogP contribution in [0.4, 0.5) is 0 Å². The molecule has 1 N–H and O–H groups in total. The number of benzene rings is 1. The maximum Gasteiger partial charge on any atom is 0.0659 e. The first-order valence-corrected chi connectivity index (χ1v) is 9.21. The van der Waals surface area contributed by atoms with Crippen molar-refractivity contribution in [1.29, 1.82) is 0 Å². The minimum Gasteiger partial charge on any atom is -0.303 e. The van der Waals surface area contributed by atoms with Crippen molar-refractivity contribution in [3.8, 4) is 0 Å². The van der Waals surface area contributed by atoms with Gasteiger partial charge in [-0.05, 0) is 72.0 Å². The molecule has 1 aromatic carbocycles. The number of fused-ring (bicyclic) bond motifs is 1. The third-order valence-corrected chi connectivity index (χ3v) is 6.22. The van der Waals surface area contributed by atoms with Crippen LogP contribution >= 0.6 is 45.5 Å². The van der Waals surface area contributed by atoms with Gasteiger partial charge in [-0.15, -0.1) is 11.3 Å². The van der Waals surface area contributed by atoms with E-state index in [1.165, 1.54) is 33.3 Å². The molecule has 1 unspecified atom stereocenters. The van der Waals surface area contributed by atoms with E-state index in [1.807, 2.05) is 23.5 Å². The van der Waals surface area contributed by atoms with E-state index in [4.69, 9.17) is 11.6 Å². The van der Waals surface area contributed by atoms with Crippen LogP contribution in [-0.4, -0.2) is 0 Å². The molecule has 1 nitrogen and oxygen atoms in total. The number of hydrogen-bond donors (Lipinski definition) is 1. The molecule has 2 aromatic rings. The van der Waals surface area contributed by atoms with Crippen molar-refractivity contribution in [3.63, 3.8) is 0 Å². The van der Waals surface area contributed by atoms with Crippen LogP contribution in [0.3, 0.4) is 0 Å². The lowest BCUT2D eigenvalue weighted by Crippen LogP contribution is -2.27. The van der Waals surface area contributed by atoms with E-state index in [0.717, 1.165) is 5.02 Å². The van der Waals surface area contributed by atoms with Gasteiger partial charge in [0.25, 0.3) is 0 Å². The molecule has 1 aromatic heterocycles. The van der Waals surface area contributed by atoms with E-state index in [-0.39, 0.29) is 6.04 Å². The smallest absolute Gasteiger partial charge is 0.0659 e. The molecule has 0 saturated carbocycles. The fraction of sp³-hybridized carbons (Fsp3) is 0.375. The average Bonchev–Trinajstić information content (AvgIpc) is 2.80. The Labute approximate surface area is 142 Å². The van der Waals surface area contributed by atoms with Crippen LogP contribution < -0.4 is 5.32 Å². The van der Waals surface area contributed by atoms with Crippen LogP contribution in [0.2, 0.25) is 5.02 Å². The van der Waals surface area contributed by atoms with Gasteiger partial charge in [-0.1, -0.05) is 29.8 Å². The minimum absolute atomic E-state index is 0.275. The molecule has 0 amide bonds. The molecule has 3 rings (SSSR count). The van der Waals surface area contributed by atoms with Gasteiger partial charge >= 0.3 is 0 Å². The molecule has 0 saturated heterocycles. The SMILES string of the molecule is C[C@@H](NC1CCCc2sc(I)cc21)c1ccccc1Cl. The number of rotatable bonds is 3. The zero-order chi connectivity index (χ0) is 14.1. The molecule has 1 heterocycles. The lowest BCUT2D eigenvalue weighted by Gasteiger charge is -2.27. The summed E-state index contributed by atoms with van der Waals surface area (Å²) in [5, 5.41) is 4.61. The van der Waals surface area contributed by atoms with Crippen molar-refractivity contribution in [2.24, 2.45) is 0 Å². The Balaban J connectivity index is 1.80. The van der Waals surface area contributed by atoms with Gasteiger partial charge in [0.1, 0.15) is 0 Å². The second-order valence-electron chi connectivity index (χ2n) is 5.28. The molecular formula is C16H17ClINS. The van der Waals surface area contributed by atoms with Crippen LogP contribution in [0, 0.1) is 2.88 Å². The van der Waals surface area contributed by atoms with Crippen molar-refractivity contribution in [3.05, 3.63) is 54.2 Å². The summed E-state index contributed by atoms with van der Waals surface area (Å²) in [4.78, 5) is 1.56. The van der Waals surface area contributed by atoms with Crippen molar-refractivity contribution < 1.29 is 0 Å². The average molecular weight is 418 g/mol. The van der Waals surface area contributed by atoms with Crippen LogP contribution in [0.25, 0.3) is 0 Å². The van der Waals surface area contributed by atoms with Gasteiger partial charge in [-0.25, -0.2) is 0 Å². The predicted molar refractivity (Wildman–Crippen MR) is 95.7 cm³/mol. The Morgan fingerprint density at radius 1 is 1.40 bits per heavy atom. The van der Waals surface area contributed by atoms with E-state index in [1.54, 1.807) is 4.88 Å². The van der Waals surface area contributed by atoms with Crippen LogP contribution in [0.5, 0.6) is 0 Å². The largest absolute Gasteiger partial charge is 0.303 e. The maximum atomic E-state index is 6.30. The molecule has 0 bridgehead atoms. The van der Waals surface area contributed by atoms with E-state index in [2.05, 4.69) is 53.0 Å². The zero-order valence-electron chi connectivity index (χ0n) is 11.3. The number of aryl methyl sites for hydroxylation is 1. The van der Waals surface area contributed by atoms with Crippen molar-refractivity contribution in [2.75, 3.05) is 0 Å². The lowest BCUT2D eigenvalue weighted by atomic mass is 9.93. The fourth-order valence-electron chi connectivity index (χ4n) is 2.91. The summed E-state index contributed by atoms with van der Waals surface area (Å²) in [7, 11) is 0. The van der Waals surface area contributed by atoms with Gasteiger partial charge in [0.2, 0.25) is 0 Å². The molecule has 106 valence electrons. The summed E-state index contributed by atoms with van der Waals surface area (Å²) in [5.41, 5.74) is 2.69. The molecule has 2 atom stereocenters. The van der Waals surface area contributed by atoms with Gasteiger partial charge < -0.3 is 5.32 Å². The Hall–Kier alpha value is -0.100. The van der Waals surface area contributed by atoms with E-state index >= 15 is 0 Å². The number of nitrogens with one attached hydrogen (secondary N) is 1. The number of halogens is 2. The van der Waals surface area contributed by atoms with Crippen LogP contribution in [-0.2, 0) is 6.42 Å². The number of thiophene rings is 1. The summed E-state index contributed by atoms with van der Waals surface area (Å²) in [6.45, 7) is 2.20. The lowest BCUT2D eigenvalue weighted by molar-refractivity contribution is 0.418. The molecule has 0 spiro atoms. The van der Waals surface area contributed by atoms with E-state index in [0.29, 0.717) is 6.04 Å². The van der Waals surface area contributed by atoms with Crippen LogP contribution in [0.1, 0.15) is 47.9 Å². The molecule has 0 radical (unpaired) electrons. The fourth-order valence-corrected chi connectivity index (χ4v) is 5.33. The summed E-state index contributed by atoms with van der Waals surface area (Å²) in [6.07, 6.45) is 3.73. The summed E-state index contributed by atoms with van der Waals surface area (Å²) in [5.74, 6) is 0. The normalized spacial score (nSPS) is 19.6. The third kappa shape index (κ3) is 3.06. The van der Waals surface area contributed by atoms with Gasteiger partial charge in [0.05, 0.1) is 2.88 Å². The highest BCUT2D eigenvalue weighted by Gasteiger charge is 2.24.